The molecule has 0 saturated heterocycles. The summed E-state index contributed by atoms with van der Waals surface area (Å²) >= 11 is 0. The predicted octanol–water partition coefficient (Wildman–Crippen LogP) is 5.39. The van der Waals surface area contributed by atoms with E-state index in [1.807, 2.05) is 6.08 Å². The van der Waals surface area contributed by atoms with Crippen LogP contribution in [0.3, 0.4) is 0 Å². The Kier molecular flexibility index (Phi) is 5.30. The van der Waals surface area contributed by atoms with E-state index in [1.54, 1.807) is 0 Å². The third-order valence-electron chi connectivity index (χ3n) is 4.03. The van der Waals surface area contributed by atoms with Crippen molar-refractivity contribution in [1.82, 2.24) is 0 Å². The van der Waals surface area contributed by atoms with Crippen LogP contribution in [0.1, 0.15) is 66.2 Å². The molecule has 98 valence electrons. The van der Waals surface area contributed by atoms with Crippen molar-refractivity contribution in [2.24, 2.45) is 11.3 Å². The van der Waals surface area contributed by atoms with Gasteiger partial charge in [0.05, 0.1) is 5.76 Å². The van der Waals surface area contributed by atoms with Gasteiger partial charge in [0, 0.05) is 6.42 Å². The Morgan fingerprint density at radius 3 is 2.53 bits per heavy atom. The molecule has 0 aliphatic heterocycles. The molecule has 17 heavy (non-hydrogen) atoms. The number of aliphatic hydroxyl groups is 1. The van der Waals surface area contributed by atoms with Gasteiger partial charge in [0.25, 0.3) is 0 Å². The van der Waals surface area contributed by atoms with Crippen molar-refractivity contribution in [2.45, 2.75) is 66.2 Å². The van der Waals surface area contributed by atoms with E-state index in [-0.39, 0.29) is 0 Å². The average molecular weight is 236 g/mol. The molecule has 0 bridgehead atoms. The zero-order valence-electron chi connectivity index (χ0n) is 11.9. The molecule has 1 N–H and O–H groups in total. The van der Waals surface area contributed by atoms with Crippen molar-refractivity contribution < 1.29 is 5.11 Å². The molecule has 0 spiro atoms. The molecule has 1 aliphatic carbocycles. The number of hydrogen-bond acceptors (Lipinski definition) is 1. The van der Waals surface area contributed by atoms with Crippen molar-refractivity contribution in [3.63, 3.8) is 0 Å². The minimum atomic E-state index is 0.485. The fourth-order valence-electron chi connectivity index (χ4n) is 2.50. The van der Waals surface area contributed by atoms with Crippen LogP contribution in [0.2, 0.25) is 0 Å². The summed E-state index contributed by atoms with van der Waals surface area (Å²) in [5.74, 6) is 1.33. The Hall–Kier alpha value is -0.720. The lowest BCUT2D eigenvalue weighted by atomic mass is 9.79. The van der Waals surface area contributed by atoms with Crippen LogP contribution in [-0.2, 0) is 0 Å². The monoisotopic (exact) mass is 236 g/mol. The van der Waals surface area contributed by atoms with E-state index in [0.29, 0.717) is 11.2 Å². The second-order valence-corrected chi connectivity index (χ2v) is 6.35. The normalized spacial score (nSPS) is 18.6. The largest absolute Gasteiger partial charge is 0.512 e. The van der Waals surface area contributed by atoms with Gasteiger partial charge in [-0.15, -0.1) is 0 Å². The van der Waals surface area contributed by atoms with Crippen LogP contribution in [0, 0.1) is 11.3 Å². The van der Waals surface area contributed by atoms with Gasteiger partial charge < -0.3 is 5.11 Å². The number of rotatable bonds is 6. The van der Waals surface area contributed by atoms with E-state index in [1.165, 1.54) is 31.3 Å². The Balaban J connectivity index is 2.31. The number of hydrogen-bond donors (Lipinski definition) is 1. The molecule has 0 aromatic rings. The second-order valence-electron chi connectivity index (χ2n) is 6.35. The molecule has 0 aromatic carbocycles. The molecule has 1 aliphatic rings. The van der Waals surface area contributed by atoms with Gasteiger partial charge in [-0.1, -0.05) is 45.8 Å². The summed E-state index contributed by atoms with van der Waals surface area (Å²) in [7, 11) is 0. The van der Waals surface area contributed by atoms with Crippen LogP contribution in [0.25, 0.3) is 0 Å². The quantitative estimate of drug-likeness (QED) is 0.655. The Labute approximate surface area is 107 Å². The summed E-state index contributed by atoms with van der Waals surface area (Å²) in [6, 6.07) is 0. The molecule has 1 atom stereocenters. The highest BCUT2D eigenvalue weighted by molar-refractivity contribution is 5.20. The molecule has 0 saturated carbocycles. The maximum absolute atomic E-state index is 9.31. The summed E-state index contributed by atoms with van der Waals surface area (Å²) in [6.45, 7) is 9.38. The fourth-order valence-corrected chi connectivity index (χ4v) is 2.50. The lowest BCUT2D eigenvalue weighted by molar-refractivity contribution is 0.259. The molecule has 0 radical (unpaired) electrons. The predicted molar refractivity (Wildman–Crippen MR) is 75.1 cm³/mol. The highest BCUT2D eigenvalue weighted by Crippen LogP contribution is 2.32. The molecular formula is C16H28O. The topological polar surface area (TPSA) is 20.2 Å². The molecule has 0 heterocycles. The van der Waals surface area contributed by atoms with Gasteiger partial charge in [0.1, 0.15) is 0 Å². The summed E-state index contributed by atoms with van der Waals surface area (Å²) in [4.78, 5) is 0. The standard InChI is InChI=1S/C16H28O/c1-5-16(3,4)12-13(2)6-7-14-8-10-15(17)11-9-14/h8,10,13,17H,5-7,9,11-12H2,1-4H3. The van der Waals surface area contributed by atoms with E-state index < -0.39 is 0 Å². The average Bonchev–Trinajstić information content (AvgIpc) is 2.28. The number of allylic oxidation sites excluding steroid dienone is 4. The van der Waals surface area contributed by atoms with E-state index in [4.69, 9.17) is 0 Å². The van der Waals surface area contributed by atoms with Gasteiger partial charge in [-0.2, -0.15) is 0 Å². The Morgan fingerprint density at radius 1 is 1.29 bits per heavy atom. The van der Waals surface area contributed by atoms with Crippen LogP contribution < -0.4 is 0 Å². The zero-order valence-corrected chi connectivity index (χ0v) is 11.9. The van der Waals surface area contributed by atoms with Crippen molar-refractivity contribution in [3.8, 4) is 0 Å². The molecule has 0 fully saturated rings. The van der Waals surface area contributed by atoms with Crippen molar-refractivity contribution >= 4 is 0 Å². The van der Waals surface area contributed by atoms with Gasteiger partial charge >= 0.3 is 0 Å². The summed E-state index contributed by atoms with van der Waals surface area (Å²) in [5.41, 5.74) is 1.99. The second kappa shape index (κ2) is 6.28. The first-order chi connectivity index (χ1) is 7.93. The summed E-state index contributed by atoms with van der Waals surface area (Å²) in [6.07, 6.45) is 10.9. The van der Waals surface area contributed by atoms with E-state index in [0.717, 1.165) is 18.8 Å². The molecule has 0 aromatic heterocycles. The maximum atomic E-state index is 9.31. The molecular weight excluding hydrogens is 208 g/mol. The maximum Gasteiger partial charge on any atom is 0.0925 e. The van der Waals surface area contributed by atoms with Gasteiger partial charge in [-0.05, 0) is 43.1 Å². The third kappa shape index (κ3) is 5.43. The minimum absolute atomic E-state index is 0.485. The fraction of sp³-hybridized carbons (Fsp3) is 0.750. The van der Waals surface area contributed by atoms with Crippen LogP contribution in [0.15, 0.2) is 23.5 Å². The molecule has 1 rings (SSSR count). The molecule has 1 heteroatoms. The summed E-state index contributed by atoms with van der Waals surface area (Å²) < 4.78 is 0. The molecule has 1 unspecified atom stereocenters. The Bertz CT molecular complexity index is 297. The van der Waals surface area contributed by atoms with Crippen LogP contribution in [0.5, 0.6) is 0 Å². The number of aliphatic hydroxyl groups excluding tert-OH is 1. The zero-order chi connectivity index (χ0) is 12.9. The van der Waals surface area contributed by atoms with E-state index >= 15 is 0 Å². The van der Waals surface area contributed by atoms with Gasteiger partial charge in [-0.25, -0.2) is 0 Å². The minimum Gasteiger partial charge on any atom is -0.512 e. The van der Waals surface area contributed by atoms with Crippen molar-refractivity contribution in [2.75, 3.05) is 0 Å². The van der Waals surface area contributed by atoms with Gasteiger partial charge in [-0.3, -0.25) is 0 Å². The first kappa shape index (κ1) is 14.3. The first-order valence-corrected chi connectivity index (χ1v) is 7.00. The van der Waals surface area contributed by atoms with Gasteiger partial charge in [0.15, 0.2) is 0 Å². The van der Waals surface area contributed by atoms with Crippen molar-refractivity contribution in [1.29, 1.82) is 0 Å². The first-order valence-electron chi connectivity index (χ1n) is 7.00. The van der Waals surface area contributed by atoms with Crippen LogP contribution >= 0.6 is 0 Å². The lowest BCUT2D eigenvalue weighted by Gasteiger charge is -2.27. The lowest BCUT2D eigenvalue weighted by Crippen LogP contribution is -2.14. The van der Waals surface area contributed by atoms with Crippen LogP contribution in [0.4, 0.5) is 0 Å². The highest BCUT2D eigenvalue weighted by Gasteiger charge is 2.19. The van der Waals surface area contributed by atoms with Crippen LogP contribution in [-0.4, -0.2) is 5.11 Å². The molecule has 0 amide bonds. The third-order valence-corrected chi connectivity index (χ3v) is 4.03. The SMILES string of the molecule is CCC(C)(C)CC(C)CCC1=CC=C(O)CC1. The van der Waals surface area contributed by atoms with E-state index in [2.05, 4.69) is 33.8 Å². The highest BCUT2D eigenvalue weighted by atomic mass is 16.3. The smallest absolute Gasteiger partial charge is 0.0925 e. The summed E-state index contributed by atoms with van der Waals surface area (Å²) in [5, 5.41) is 9.31. The van der Waals surface area contributed by atoms with E-state index in [9.17, 15) is 5.11 Å². The van der Waals surface area contributed by atoms with Crippen molar-refractivity contribution in [3.05, 3.63) is 23.5 Å². The molecule has 1 nitrogen and oxygen atoms in total. The Morgan fingerprint density at radius 2 is 2.00 bits per heavy atom. The van der Waals surface area contributed by atoms with Gasteiger partial charge in [0.2, 0.25) is 0 Å².